The topological polar surface area (TPSA) is 79.0 Å². The molecule has 0 unspecified atom stereocenters. The molecule has 0 bridgehead atoms. The molecule has 0 spiro atoms. The van der Waals surface area contributed by atoms with E-state index in [1.807, 2.05) is 24.3 Å². The highest BCUT2D eigenvalue weighted by atomic mass is 32.2. The molecule has 1 fully saturated rings. The summed E-state index contributed by atoms with van der Waals surface area (Å²) in [6, 6.07) is 14.1. The van der Waals surface area contributed by atoms with E-state index < -0.39 is 10.0 Å². The summed E-state index contributed by atoms with van der Waals surface area (Å²) in [5.74, 6) is -0.248. The van der Waals surface area contributed by atoms with Crippen LogP contribution < -0.4 is 14.5 Å². The van der Waals surface area contributed by atoms with E-state index in [4.69, 9.17) is 4.74 Å². The molecule has 27 heavy (non-hydrogen) atoms. The van der Waals surface area contributed by atoms with Crippen molar-refractivity contribution >= 4 is 33.0 Å². The van der Waals surface area contributed by atoms with Crippen LogP contribution in [-0.2, 0) is 14.8 Å². The molecule has 1 aliphatic rings. The van der Waals surface area contributed by atoms with E-state index >= 15 is 0 Å². The number of carbonyl (C=O) groups is 1. The minimum Gasteiger partial charge on any atom is -0.378 e. The van der Waals surface area contributed by atoms with Crippen LogP contribution in [0.25, 0.3) is 0 Å². The first-order valence-electron chi connectivity index (χ1n) is 8.63. The lowest BCUT2D eigenvalue weighted by Gasteiger charge is -2.28. The van der Waals surface area contributed by atoms with Gasteiger partial charge >= 0.3 is 0 Å². The predicted molar refractivity (Wildman–Crippen MR) is 107 cm³/mol. The largest absolute Gasteiger partial charge is 0.378 e. The van der Waals surface area contributed by atoms with Gasteiger partial charge in [-0.15, -0.1) is 0 Å². The van der Waals surface area contributed by atoms with Crippen LogP contribution in [0.5, 0.6) is 0 Å². The van der Waals surface area contributed by atoms with Crippen molar-refractivity contribution in [3.63, 3.8) is 0 Å². The van der Waals surface area contributed by atoms with Crippen LogP contribution in [-0.4, -0.2) is 53.9 Å². The maximum absolute atomic E-state index is 12.4. The van der Waals surface area contributed by atoms with Crippen LogP contribution >= 0.6 is 0 Å². The number of amides is 1. The second-order valence-electron chi connectivity index (χ2n) is 6.38. The van der Waals surface area contributed by atoms with Gasteiger partial charge in [-0.1, -0.05) is 0 Å². The van der Waals surface area contributed by atoms with E-state index in [0.29, 0.717) is 16.9 Å². The van der Waals surface area contributed by atoms with Gasteiger partial charge in [0, 0.05) is 37.1 Å². The van der Waals surface area contributed by atoms with Gasteiger partial charge in [-0.25, -0.2) is 8.42 Å². The Kier molecular flexibility index (Phi) is 5.67. The summed E-state index contributed by atoms with van der Waals surface area (Å²) in [7, 11) is -1.86. The molecule has 144 valence electrons. The average Bonchev–Trinajstić information content (AvgIpc) is 2.68. The number of rotatable bonds is 5. The Labute approximate surface area is 159 Å². The van der Waals surface area contributed by atoms with Crippen LogP contribution in [0, 0.1) is 0 Å². The lowest BCUT2D eigenvalue weighted by molar-refractivity contribution is 0.102. The van der Waals surface area contributed by atoms with Crippen molar-refractivity contribution in [2.24, 2.45) is 0 Å². The van der Waals surface area contributed by atoms with Crippen molar-refractivity contribution in [1.29, 1.82) is 0 Å². The molecule has 0 atom stereocenters. The minimum absolute atomic E-state index is 0.248. The number of nitrogens with one attached hydrogen (secondary N) is 1. The molecule has 0 aromatic heterocycles. The van der Waals surface area contributed by atoms with E-state index in [2.05, 4.69) is 10.2 Å². The Hall–Kier alpha value is -2.58. The first-order chi connectivity index (χ1) is 12.8. The molecule has 0 aliphatic carbocycles. The van der Waals surface area contributed by atoms with E-state index in [1.165, 1.54) is 11.4 Å². The van der Waals surface area contributed by atoms with Crippen LogP contribution in [0.2, 0.25) is 0 Å². The number of hydrogen-bond acceptors (Lipinski definition) is 5. The second kappa shape index (κ2) is 7.98. The predicted octanol–water partition coefficient (Wildman–Crippen LogP) is 2.17. The third-order valence-electron chi connectivity index (χ3n) is 4.49. The lowest BCUT2D eigenvalue weighted by atomic mass is 10.2. The van der Waals surface area contributed by atoms with Gasteiger partial charge in [-0.05, 0) is 48.5 Å². The standard InChI is InChI=1S/C19H23N3O4S/c1-21(27(2,24)25)17-7-3-15(4-8-17)19(23)20-16-5-9-18(10-6-16)22-11-13-26-14-12-22/h3-10H,11-14H2,1-2H3,(H,20,23). The highest BCUT2D eigenvalue weighted by molar-refractivity contribution is 7.92. The highest BCUT2D eigenvalue weighted by Gasteiger charge is 2.14. The summed E-state index contributed by atoms with van der Waals surface area (Å²) in [5.41, 5.74) is 2.76. The maximum atomic E-state index is 12.4. The summed E-state index contributed by atoms with van der Waals surface area (Å²) in [6.45, 7) is 3.17. The van der Waals surface area contributed by atoms with Crippen molar-refractivity contribution in [3.05, 3.63) is 54.1 Å². The number of anilines is 3. The number of sulfonamides is 1. The molecule has 1 N–H and O–H groups in total. The van der Waals surface area contributed by atoms with Crippen molar-refractivity contribution < 1.29 is 17.9 Å². The molecule has 2 aromatic rings. The summed E-state index contributed by atoms with van der Waals surface area (Å²) < 4.78 is 29.7. The van der Waals surface area contributed by atoms with Crippen molar-refractivity contribution in [2.75, 3.05) is 54.1 Å². The highest BCUT2D eigenvalue weighted by Crippen LogP contribution is 2.20. The fourth-order valence-electron chi connectivity index (χ4n) is 2.79. The third-order valence-corrected chi connectivity index (χ3v) is 5.70. The number of hydrogen-bond donors (Lipinski definition) is 1. The van der Waals surface area contributed by atoms with E-state index in [9.17, 15) is 13.2 Å². The SMILES string of the molecule is CN(c1ccc(C(=O)Nc2ccc(N3CCOCC3)cc2)cc1)S(C)(=O)=O. The summed E-state index contributed by atoms with van der Waals surface area (Å²) in [5, 5.41) is 2.85. The van der Waals surface area contributed by atoms with Gasteiger partial charge in [0.2, 0.25) is 10.0 Å². The molecule has 0 radical (unpaired) electrons. The number of ether oxygens (including phenoxy) is 1. The fourth-order valence-corrected chi connectivity index (χ4v) is 3.30. The summed E-state index contributed by atoms with van der Waals surface area (Å²) in [4.78, 5) is 14.7. The Morgan fingerprint density at radius 3 is 2.19 bits per heavy atom. The molecule has 1 saturated heterocycles. The van der Waals surface area contributed by atoms with Crippen molar-refractivity contribution in [1.82, 2.24) is 0 Å². The molecule has 1 amide bonds. The van der Waals surface area contributed by atoms with Crippen molar-refractivity contribution in [3.8, 4) is 0 Å². The molecule has 1 aliphatic heterocycles. The monoisotopic (exact) mass is 389 g/mol. The van der Waals surface area contributed by atoms with Gasteiger partial charge in [0.25, 0.3) is 5.91 Å². The van der Waals surface area contributed by atoms with E-state index in [1.54, 1.807) is 24.3 Å². The molecule has 1 heterocycles. The zero-order chi connectivity index (χ0) is 19.4. The zero-order valence-electron chi connectivity index (χ0n) is 15.4. The minimum atomic E-state index is -3.33. The Morgan fingerprint density at radius 2 is 1.63 bits per heavy atom. The van der Waals surface area contributed by atoms with Gasteiger partial charge in [-0.2, -0.15) is 0 Å². The normalized spacial score (nSPS) is 14.7. The first-order valence-corrected chi connectivity index (χ1v) is 10.5. The Bertz CT molecular complexity index is 890. The van der Waals surface area contributed by atoms with Crippen molar-refractivity contribution in [2.45, 2.75) is 0 Å². The Morgan fingerprint density at radius 1 is 1.04 bits per heavy atom. The lowest BCUT2D eigenvalue weighted by Crippen LogP contribution is -2.36. The van der Waals surface area contributed by atoms with Gasteiger partial charge in [0.05, 0.1) is 25.2 Å². The van der Waals surface area contributed by atoms with E-state index in [-0.39, 0.29) is 5.91 Å². The first kappa shape index (κ1) is 19.2. The van der Waals surface area contributed by atoms with E-state index in [0.717, 1.165) is 38.2 Å². The molecular weight excluding hydrogens is 366 g/mol. The second-order valence-corrected chi connectivity index (χ2v) is 8.39. The number of carbonyl (C=O) groups excluding carboxylic acids is 1. The van der Waals surface area contributed by atoms with Crippen LogP contribution in [0.4, 0.5) is 17.1 Å². The molecular formula is C19H23N3O4S. The van der Waals surface area contributed by atoms with Crippen LogP contribution in [0.1, 0.15) is 10.4 Å². The molecule has 2 aromatic carbocycles. The van der Waals surface area contributed by atoms with Gasteiger partial charge in [0.1, 0.15) is 0 Å². The van der Waals surface area contributed by atoms with Crippen LogP contribution in [0.3, 0.4) is 0 Å². The maximum Gasteiger partial charge on any atom is 0.255 e. The quantitative estimate of drug-likeness (QED) is 0.848. The molecule has 3 rings (SSSR count). The van der Waals surface area contributed by atoms with Gasteiger partial charge < -0.3 is 15.0 Å². The number of morpholine rings is 1. The zero-order valence-corrected chi connectivity index (χ0v) is 16.2. The number of nitrogens with zero attached hydrogens (tertiary/aromatic N) is 2. The molecule has 7 nitrogen and oxygen atoms in total. The molecule has 8 heteroatoms. The van der Waals surface area contributed by atoms with Gasteiger partial charge in [-0.3, -0.25) is 9.10 Å². The molecule has 0 saturated carbocycles. The van der Waals surface area contributed by atoms with Crippen LogP contribution in [0.15, 0.2) is 48.5 Å². The summed E-state index contributed by atoms with van der Waals surface area (Å²) in [6.07, 6.45) is 1.13. The third kappa shape index (κ3) is 4.78. The summed E-state index contributed by atoms with van der Waals surface area (Å²) >= 11 is 0. The number of benzene rings is 2. The smallest absolute Gasteiger partial charge is 0.255 e. The van der Waals surface area contributed by atoms with Gasteiger partial charge in [0.15, 0.2) is 0 Å². The Balaban J connectivity index is 1.64. The average molecular weight is 389 g/mol. The fraction of sp³-hybridized carbons (Fsp3) is 0.316.